The molecule has 0 fully saturated rings. The normalized spacial score (nSPS) is 11.1. The lowest BCUT2D eigenvalue weighted by Crippen LogP contribution is -2.16. The summed E-state index contributed by atoms with van der Waals surface area (Å²) in [5.74, 6) is -0.139. The van der Waals surface area contributed by atoms with E-state index in [1.807, 2.05) is 12.1 Å². The molecule has 0 atom stereocenters. The van der Waals surface area contributed by atoms with E-state index in [9.17, 15) is 9.18 Å². The first-order chi connectivity index (χ1) is 14.1. The van der Waals surface area contributed by atoms with Gasteiger partial charge in [-0.25, -0.2) is 9.07 Å². The lowest BCUT2D eigenvalue weighted by Gasteiger charge is -2.10. The van der Waals surface area contributed by atoms with Crippen molar-refractivity contribution in [2.24, 2.45) is 0 Å². The highest BCUT2D eigenvalue weighted by Crippen LogP contribution is 2.34. The van der Waals surface area contributed by atoms with Crippen molar-refractivity contribution in [1.82, 2.24) is 9.78 Å². The average molecular weight is 430 g/mol. The Morgan fingerprint density at radius 2 is 2.03 bits per heavy atom. The van der Waals surface area contributed by atoms with Crippen molar-refractivity contribution in [2.45, 2.75) is 13.2 Å². The molecule has 148 valence electrons. The van der Waals surface area contributed by atoms with Crippen LogP contribution >= 0.6 is 22.9 Å². The zero-order valence-corrected chi connectivity index (χ0v) is 17.1. The monoisotopic (exact) mass is 429 g/mol. The lowest BCUT2D eigenvalue weighted by atomic mass is 10.1. The summed E-state index contributed by atoms with van der Waals surface area (Å²) in [4.78, 5) is 13.4. The molecule has 1 N–H and O–H groups in total. The fourth-order valence-electron chi connectivity index (χ4n) is 3.13. The van der Waals surface area contributed by atoms with Gasteiger partial charge in [0.1, 0.15) is 11.6 Å². The first-order valence-corrected chi connectivity index (χ1v) is 10.0. The molecule has 4 rings (SSSR count). The van der Waals surface area contributed by atoms with E-state index in [-0.39, 0.29) is 18.3 Å². The molecule has 0 unspecified atom stereocenters. The quantitative estimate of drug-likeness (QED) is 0.450. The highest BCUT2D eigenvalue weighted by atomic mass is 35.5. The Morgan fingerprint density at radius 3 is 2.79 bits per heavy atom. The number of hydrogen-bond donors (Lipinski definition) is 1. The van der Waals surface area contributed by atoms with Crippen molar-refractivity contribution in [2.75, 3.05) is 12.4 Å². The lowest BCUT2D eigenvalue weighted by molar-refractivity contribution is 0.102. The number of thiophene rings is 1. The second-order valence-electron chi connectivity index (χ2n) is 6.41. The predicted molar refractivity (Wildman–Crippen MR) is 113 cm³/mol. The molecule has 29 heavy (non-hydrogen) atoms. The molecule has 0 aliphatic rings. The third-order valence-electron chi connectivity index (χ3n) is 4.46. The number of methoxy groups -OCH3 is 1. The summed E-state index contributed by atoms with van der Waals surface area (Å²) < 4.78 is 22.0. The summed E-state index contributed by atoms with van der Waals surface area (Å²) in [6.07, 6.45) is 1.62. The van der Waals surface area contributed by atoms with E-state index in [1.54, 1.807) is 41.2 Å². The topological polar surface area (TPSA) is 56.1 Å². The zero-order chi connectivity index (χ0) is 20.4. The molecule has 0 aliphatic heterocycles. The third kappa shape index (κ3) is 4.03. The number of nitrogens with zero attached hydrogens (tertiary/aromatic N) is 2. The van der Waals surface area contributed by atoms with Crippen LogP contribution < -0.4 is 5.32 Å². The van der Waals surface area contributed by atoms with Crippen LogP contribution in [-0.4, -0.2) is 22.8 Å². The highest BCUT2D eigenvalue weighted by molar-refractivity contribution is 7.21. The number of amides is 1. The number of aromatic nitrogens is 2. The van der Waals surface area contributed by atoms with E-state index in [0.29, 0.717) is 37.9 Å². The van der Waals surface area contributed by atoms with Crippen molar-refractivity contribution in [3.05, 3.63) is 81.6 Å². The first kappa shape index (κ1) is 19.6. The van der Waals surface area contributed by atoms with Crippen LogP contribution in [0.15, 0.2) is 54.7 Å². The summed E-state index contributed by atoms with van der Waals surface area (Å²) in [7, 11) is 1.52. The minimum Gasteiger partial charge on any atom is -0.380 e. The van der Waals surface area contributed by atoms with E-state index in [1.165, 1.54) is 24.5 Å². The number of benzene rings is 2. The van der Waals surface area contributed by atoms with Crippen LogP contribution in [-0.2, 0) is 17.9 Å². The number of fused-ring (bicyclic) bond motifs is 1. The summed E-state index contributed by atoms with van der Waals surface area (Å²) in [5, 5.41) is 8.26. The Bertz CT molecular complexity index is 1170. The number of anilines is 1. The summed E-state index contributed by atoms with van der Waals surface area (Å²) in [6.45, 7) is 0.624. The molecule has 1 amide bonds. The van der Waals surface area contributed by atoms with Crippen LogP contribution in [0.5, 0.6) is 0 Å². The van der Waals surface area contributed by atoms with Gasteiger partial charge in [0.2, 0.25) is 0 Å². The van der Waals surface area contributed by atoms with Gasteiger partial charge in [-0.15, -0.1) is 11.3 Å². The molecule has 0 radical (unpaired) electrons. The van der Waals surface area contributed by atoms with E-state index in [4.69, 9.17) is 16.3 Å². The standard InChI is InChI=1S/C21H17ClFN3O2S/c1-28-12-15-19-16(23)3-2-4-17(19)29-20(15)21(27)25-18-9-10-24-26(18)11-13-5-7-14(22)8-6-13/h2-10H,11-12H2,1H3,(H,25,27). The maximum Gasteiger partial charge on any atom is 0.267 e. The first-order valence-electron chi connectivity index (χ1n) is 8.83. The second-order valence-corrected chi connectivity index (χ2v) is 7.90. The van der Waals surface area contributed by atoms with Gasteiger partial charge in [-0.3, -0.25) is 4.79 Å². The molecule has 0 spiro atoms. The molecule has 0 saturated heterocycles. The number of halogens is 2. The molecule has 0 saturated carbocycles. The average Bonchev–Trinajstić information content (AvgIpc) is 3.29. The highest BCUT2D eigenvalue weighted by Gasteiger charge is 2.21. The van der Waals surface area contributed by atoms with E-state index in [0.717, 1.165) is 5.56 Å². The Morgan fingerprint density at radius 1 is 1.24 bits per heavy atom. The molecule has 4 aromatic rings. The minimum atomic E-state index is -0.363. The van der Waals surface area contributed by atoms with Crippen LogP contribution in [0.3, 0.4) is 0 Å². The largest absolute Gasteiger partial charge is 0.380 e. The molecule has 0 aliphatic carbocycles. The number of hydrogen-bond acceptors (Lipinski definition) is 4. The van der Waals surface area contributed by atoms with Crippen molar-refractivity contribution in [1.29, 1.82) is 0 Å². The molecule has 2 heterocycles. The molecule has 2 aromatic carbocycles. The number of carbonyl (C=O) groups is 1. The van der Waals surface area contributed by atoms with E-state index < -0.39 is 0 Å². The van der Waals surface area contributed by atoms with Gasteiger partial charge >= 0.3 is 0 Å². The maximum atomic E-state index is 14.4. The molecule has 0 bridgehead atoms. The van der Waals surface area contributed by atoms with E-state index >= 15 is 0 Å². The summed E-state index contributed by atoms with van der Waals surface area (Å²) >= 11 is 7.17. The number of nitrogens with one attached hydrogen (secondary N) is 1. The molecule has 8 heteroatoms. The smallest absolute Gasteiger partial charge is 0.267 e. The van der Waals surface area contributed by atoms with Crippen LogP contribution in [0.4, 0.5) is 10.2 Å². The fraction of sp³-hybridized carbons (Fsp3) is 0.143. The van der Waals surface area contributed by atoms with Crippen LogP contribution in [0, 0.1) is 5.82 Å². The van der Waals surface area contributed by atoms with Gasteiger partial charge in [0.15, 0.2) is 0 Å². The Balaban J connectivity index is 1.62. The third-order valence-corrected chi connectivity index (χ3v) is 5.91. The van der Waals surface area contributed by atoms with Crippen molar-refractivity contribution < 1.29 is 13.9 Å². The van der Waals surface area contributed by atoms with Crippen LogP contribution in [0.1, 0.15) is 20.8 Å². The minimum absolute atomic E-state index is 0.147. The van der Waals surface area contributed by atoms with Crippen molar-refractivity contribution in [3.8, 4) is 0 Å². The van der Waals surface area contributed by atoms with Crippen LogP contribution in [0.2, 0.25) is 5.02 Å². The van der Waals surface area contributed by atoms with E-state index in [2.05, 4.69) is 10.4 Å². The Hall–Kier alpha value is -2.74. The number of rotatable bonds is 6. The van der Waals surface area contributed by atoms with Gasteiger partial charge in [0.25, 0.3) is 5.91 Å². The summed E-state index contributed by atoms with van der Waals surface area (Å²) in [6, 6.07) is 14.0. The number of carbonyl (C=O) groups excluding carboxylic acids is 1. The Labute approximate surface area is 175 Å². The zero-order valence-electron chi connectivity index (χ0n) is 15.5. The predicted octanol–water partition coefficient (Wildman–Crippen LogP) is 5.34. The summed E-state index contributed by atoms with van der Waals surface area (Å²) in [5.41, 5.74) is 1.55. The van der Waals surface area contributed by atoms with Crippen molar-refractivity contribution in [3.63, 3.8) is 0 Å². The van der Waals surface area contributed by atoms with Gasteiger partial charge in [0, 0.05) is 33.8 Å². The molecular formula is C21H17ClFN3O2S. The fourth-order valence-corrected chi connectivity index (χ4v) is 4.38. The van der Waals surface area contributed by atoms with Crippen molar-refractivity contribution >= 4 is 44.7 Å². The molecule has 5 nitrogen and oxygen atoms in total. The van der Waals surface area contributed by atoms with Gasteiger partial charge < -0.3 is 10.1 Å². The number of ether oxygens (including phenoxy) is 1. The second kappa shape index (κ2) is 8.32. The molecular weight excluding hydrogens is 413 g/mol. The van der Waals surface area contributed by atoms with Gasteiger partial charge in [0.05, 0.1) is 24.2 Å². The van der Waals surface area contributed by atoms with Gasteiger partial charge in [-0.05, 0) is 29.8 Å². The van der Waals surface area contributed by atoms with Crippen LogP contribution in [0.25, 0.3) is 10.1 Å². The molecule has 2 aromatic heterocycles. The van der Waals surface area contributed by atoms with Gasteiger partial charge in [-0.2, -0.15) is 5.10 Å². The van der Waals surface area contributed by atoms with Gasteiger partial charge in [-0.1, -0.05) is 29.8 Å². The SMILES string of the molecule is COCc1c(C(=O)Nc2ccnn2Cc2ccc(Cl)cc2)sc2cccc(F)c12. The Kier molecular flexibility index (Phi) is 5.62. The maximum absolute atomic E-state index is 14.4.